The lowest BCUT2D eigenvalue weighted by Crippen LogP contribution is -2.07. The lowest BCUT2D eigenvalue weighted by molar-refractivity contribution is -0.111. The van der Waals surface area contributed by atoms with Crippen molar-refractivity contribution in [1.29, 1.82) is 0 Å². The van der Waals surface area contributed by atoms with Gasteiger partial charge in [-0.2, -0.15) is 0 Å². The summed E-state index contributed by atoms with van der Waals surface area (Å²) in [6, 6.07) is 0. The Morgan fingerprint density at radius 1 is 0.696 bits per heavy atom. The highest BCUT2D eigenvalue weighted by atomic mass is 16.1. The van der Waals surface area contributed by atoms with Crippen LogP contribution in [0.3, 0.4) is 0 Å². The average Bonchev–Trinajstić information content (AvgIpc) is 2.46. The van der Waals surface area contributed by atoms with E-state index in [4.69, 9.17) is 0 Å². The van der Waals surface area contributed by atoms with Crippen LogP contribution in [0.5, 0.6) is 0 Å². The Morgan fingerprint density at radius 3 is 1.39 bits per heavy atom. The molecule has 1 nitrogen and oxygen atoms in total. The van der Waals surface area contributed by atoms with E-state index in [1.54, 1.807) is 0 Å². The molecule has 0 aliphatic rings. The van der Waals surface area contributed by atoms with E-state index >= 15 is 0 Å². The summed E-state index contributed by atoms with van der Waals surface area (Å²) in [5.74, 6) is 1.72. The van der Waals surface area contributed by atoms with Crippen LogP contribution in [0.4, 0.5) is 0 Å². The van der Waals surface area contributed by atoms with Crippen LogP contribution in [0.1, 0.15) is 92.9 Å². The molecule has 0 amide bonds. The maximum atomic E-state index is 11.3. The van der Waals surface area contributed by atoms with Gasteiger partial charge in [0, 0.05) is 5.92 Å². The number of hydrogen-bond acceptors (Lipinski definition) is 1. The molecule has 0 aromatic rings. The van der Waals surface area contributed by atoms with Crippen LogP contribution in [0.15, 0.2) is 23.3 Å². The molecule has 0 aromatic carbocycles. The topological polar surface area (TPSA) is 17.1 Å². The van der Waals surface area contributed by atoms with E-state index in [9.17, 15) is 4.79 Å². The smallest absolute Gasteiger partial charge is 0.123 e. The molecule has 0 heterocycles. The van der Waals surface area contributed by atoms with Gasteiger partial charge in [0.25, 0.3) is 0 Å². The van der Waals surface area contributed by atoms with Crippen LogP contribution in [0, 0.1) is 17.8 Å². The van der Waals surface area contributed by atoms with E-state index in [2.05, 4.69) is 53.7 Å². The summed E-state index contributed by atoms with van der Waals surface area (Å²) in [7, 11) is 0. The minimum atomic E-state index is 0.270. The van der Waals surface area contributed by atoms with Crippen LogP contribution in [-0.4, -0.2) is 6.29 Å². The molecule has 2 unspecified atom stereocenters. The largest absolute Gasteiger partial charge is 0.303 e. The Balaban J connectivity index is 3.90. The fraction of sp³-hybridized carbons (Fsp3) is 0.773. The SMILES string of the molecule is CC(C)=CCCC(C)CCC(C=O)CCC(C)CCC=C(C)C. The summed E-state index contributed by atoms with van der Waals surface area (Å²) >= 11 is 0. The molecular formula is C22H40O. The molecule has 0 saturated heterocycles. The van der Waals surface area contributed by atoms with Gasteiger partial charge in [-0.05, 0) is 78.1 Å². The van der Waals surface area contributed by atoms with Crippen LogP contribution in [-0.2, 0) is 4.79 Å². The fourth-order valence-corrected chi connectivity index (χ4v) is 2.88. The number of carbonyl (C=O) groups excluding carboxylic acids is 1. The molecule has 0 aliphatic heterocycles. The van der Waals surface area contributed by atoms with Crippen molar-refractivity contribution in [2.75, 3.05) is 0 Å². The van der Waals surface area contributed by atoms with E-state index in [1.165, 1.54) is 56.0 Å². The monoisotopic (exact) mass is 320 g/mol. The molecule has 2 atom stereocenters. The van der Waals surface area contributed by atoms with Gasteiger partial charge in [-0.1, -0.05) is 50.0 Å². The van der Waals surface area contributed by atoms with Crippen LogP contribution < -0.4 is 0 Å². The standard InChI is InChI=1S/C22H40O/c1-18(2)9-7-11-20(5)13-15-22(17-23)16-14-21(6)12-8-10-19(3)4/h9-10,17,20-22H,7-8,11-16H2,1-6H3. The minimum Gasteiger partial charge on any atom is -0.303 e. The van der Waals surface area contributed by atoms with Gasteiger partial charge in [0.15, 0.2) is 0 Å². The van der Waals surface area contributed by atoms with Gasteiger partial charge in [-0.15, -0.1) is 0 Å². The third kappa shape index (κ3) is 14.5. The second-order valence-corrected chi connectivity index (χ2v) is 7.98. The molecule has 23 heavy (non-hydrogen) atoms. The average molecular weight is 321 g/mol. The van der Waals surface area contributed by atoms with Crippen molar-refractivity contribution in [1.82, 2.24) is 0 Å². The first-order valence-corrected chi connectivity index (χ1v) is 9.57. The van der Waals surface area contributed by atoms with Crippen molar-refractivity contribution >= 4 is 6.29 Å². The van der Waals surface area contributed by atoms with E-state index in [0.29, 0.717) is 0 Å². The minimum absolute atomic E-state index is 0.270. The van der Waals surface area contributed by atoms with E-state index in [1.807, 2.05) is 0 Å². The molecule has 0 N–H and O–H groups in total. The summed E-state index contributed by atoms with van der Waals surface area (Å²) in [6.45, 7) is 13.3. The van der Waals surface area contributed by atoms with Crippen molar-refractivity contribution in [3.8, 4) is 0 Å². The van der Waals surface area contributed by atoms with Gasteiger partial charge >= 0.3 is 0 Å². The van der Waals surface area contributed by atoms with Gasteiger partial charge in [-0.3, -0.25) is 0 Å². The highest BCUT2D eigenvalue weighted by Crippen LogP contribution is 2.22. The van der Waals surface area contributed by atoms with Crippen molar-refractivity contribution in [3.05, 3.63) is 23.3 Å². The zero-order valence-electron chi connectivity index (χ0n) is 16.5. The van der Waals surface area contributed by atoms with Crippen molar-refractivity contribution < 1.29 is 4.79 Å². The van der Waals surface area contributed by atoms with E-state index in [-0.39, 0.29) is 5.92 Å². The Bertz CT molecular complexity index is 324. The van der Waals surface area contributed by atoms with Crippen LogP contribution in [0.25, 0.3) is 0 Å². The van der Waals surface area contributed by atoms with Gasteiger partial charge in [0.1, 0.15) is 6.29 Å². The predicted octanol–water partition coefficient (Wildman–Crippen LogP) is 7.13. The van der Waals surface area contributed by atoms with Crippen molar-refractivity contribution in [2.24, 2.45) is 17.8 Å². The molecule has 0 radical (unpaired) electrons. The second kappa shape index (κ2) is 13.6. The summed E-state index contributed by atoms with van der Waals surface area (Å²) in [4.78, 5) is 11.3. The number of carbonyl (C=O) groups is 1. The van der Waals surface area contributed by atoms with E-state index in [0.717, 1.165) is 24.7 Å². The number of allylic oxidation sites excluding steroid dienone is 4. The Morgan fingerprint density at radius 2 is 1.09 bits per heavy atom. The van der Waals surface area contributed by atoms with Gasteiger partial charge < -0.3 is 4.79 Å². The van der Waals surface area contributed by atoms with E-state index < -0.39 is 0 Å². The predicted molar refractivity (Wildman–Crippen MR) is 104 cm³/mol. The van der Waals surface area contributed by atoms with Crippen molar-refractivity contribution in [3.63, 3.8) is 0 Å². The molecular weight excluding hydrogens is 280 g/mol. The number of aldehydes is 1. The first-order valence-electron chi connectivity index (χ1n) is 9.57. The molecule has 0 aliphatic carbocycles. The summed E-state index contributed by atoms with van der Waals surface area (Å²) in [5, 5.41) is 0. The number of rotatable bonds is 13. The first-order chi connectivity index (χ1) is 10.8. The normalized spacial score (nSPS) is 14.7. The molecule has 0 bridgehead atoms. The molecule has 0 fully saturated rings. The third-order valence-electron chi connectivity index (χ3n) is 4.68. The highest BCUT2D eigenvalue weighted by Gasteiger charge is 2.12. The molecule has 0 spiro atoms. The zero-order chi connectivity index (χ0) is 17.7. The Hall–Kier alpha value is -0.850. The maximum absolute atomic E-state index is 11.3. The molecule has 0 saturated carbocycles. The quantitative estimate of drug-likeness (QED) is 0.260. The Labute approximate surface area is 145 Å². The summed E-state index contributed by atoms with van der Waals surface area (Å²) in [6.07, 6.45) is 15.2. The van der Waals surface area contributed by atoms with Crippen LogP contribution >= 0.6 is 0 Å². The highest BCUT2D eigenvalue weighted by molar-refractivity contribution is 5.53. The zero-order valence-corrected chi connectivity index (χ0v) is 16.5. The second-order valence-electron chi connectivity index (χ2n) is 7.98. The lowest BCUT2D eigenvalue weighted by Gasteiger charge is -2.16. The van der Waals surface area contributed by atoms with Gasteiger partial charge in [0.2, 0.25) is 0 Å². The summed E-state index contributed by atoms with van der Waals surface area (Å²) in [5.41, 5.74) is 2.81. The van der Waals surface area contributed by atoms with Gasteiger partial charge in [0.05, 0.1) is 0 Å². The Kier molecular flexibility index (Phi) is 13.1. The fourth-order valence-electron chi connectivity index (χ4n) is 2.88. The summed E-state index contributed by atoms with van der Waals surface area (Å²) < 4.78 is 0. The molecule has 134 valence electrons. The first kappa shape index (κ1) is 22.1. The molecule has 0 aromatic heterocycles. The lowest BCUT2D eigenvalue weighted by atomic mass is 9.89. The maximum Gasteiger partial charge on any atom is 0.123 e. The van der Waals surface area contributed by atoms with Crippen molar-refractivity contribution in [2.45, 2.75) is 92.9 Å². The van der Waals surface area contributed by atoms with Gasteiger partial charge in [-0.25, -0.2) is 0 Å². The number of hydrogen-bond donors (Lipinski definition) is 0. The molecule has 1 heteroatoms. The third-order valence-corrected chi connectivity index (χ3v) is 4.68. The van der Waals surface area contributed by atoms with Crippen LogP contribution in [0.2, 0.25) is 0 Å². The molecule has 0 rings (SSSR count).